The number of hydrogen-bond donors (Lipinski definition) is 2. The number of pyridine rings is 1. The smallest absolute Gasteiger partial charge is 0.251 e. The maximum absolute atomic E-state index is 13.4. The average Bonchev–Trinajstić information content (AvgIpc) is 2.80. The van der Waals surface area contributed by atoms with Crippen molar-refractivity contribution in [2.45, 2.75) is 12.5 Å². The molecule has 0 saturated heterocycles. The molecule has 2 N–H and O–H groups in total. The van der Waals surface area contributed by atoms with Gasteiger partial charge in [-0.1, -0.05) is 36.4 Å². The third kappa shape index (κ3) is 5.08. The van der Waals surface area contributed by atoms with Crippen molar-refractivity contribution in [2.24, 2.45) is 0 Å². The summed E-state index contributed by atoms with van der Waals surface area (Å²) < 4.78 is 13.4. The molecule has 0 radical (unpaired) electrons. The number of aromatic amines is 1. The molecule has 2 heterocycles. The van der Waals surface area contributed by atoms with Gasteiger partial charge in [0.2, 0.25) is 0 Å². The molecule has 4 rings (SSSR count). The number of halogens is 1. The first kappa shape index (κ1) is 20.2. The van der Waals surface area contributed by atoms with Crippen molar-refractivity contribution in [2.75, 3.05) is 0 Å². The standard InChI is InChI=1S/C24H19FN4O2/c25-18-11-9-16(10-12-18)21(28-24(31)17-6-2-1-3-7-17)14-19-15-22(30)29-23(27-19)20-8-4-5-13-26-20/h1-13,15,21H,14H2,(H,28,31)(H,27,29,30)/t21-/m0/s1. The summed E-state index contributed by atoms with van der Waals surface area (Å²) in [5.41, 5.74) is 1.90. The van der Waals surface area contributed by atoms with Gasteiger partial charge in [0.1, 0.15) is 11.5 Å². The molecule has 7 heteroatoms. The van der Waals surface area contributed by atoms with Crippen molar-refractivity contribution in [3.05, 3.63) is 118 Å². The average molecular weight is 414 g/mol. The van der Waals surface area contributed by atoms with Crippen molar-refractivity contribution < 1.29 is 9.18 Å². The molecule has 31 heavy (non-hydrogen) atoms. The first-order valence-electron chi connectivity index (χ1n) is 9.71. The maximum Gasteiger partial charge on any atom is 0.251 e. The Morgan fingerprint density at radius 3 is 2.45 bits per heavy atom. The van der Waals surface area contributed by atoms with Gasteiger partial charge in [0.25, 0.3) is 11.5 Å². The molecule has 0 unspecified atom stereocenters. The molecular formula is C24H19FN4O2. The molecule has 0 bridgehead atoms. The monoisotopic (exact) mass is 414 g/mol. The van der Waals surface area contributed by atoms with Crippen LogP contribution in [0.4, 0.5) is 4.39 Å². The van der Waals surface area contributed by atoms with Crippen LogP contribution in [0.5, 0.6) is 0 Å². The molecule has 0 aliphatic heterocycles. The van der Waals surface area contributed by atoms with Crippen LogP contribution in [-0.2, 0) is 6.42 Å². The molecule has 0 spiro atoms. The first-order valence-corrected chi connectivity index (χ1v) is 9.71. The fraction of sp³-hybridized carbons (Fsp3) is 0.0833. The van der Waals surface area contributed by atoms with E-state index in [-0.39, 0.29) is 23.7 Å². The van der Waals surface area contributed by atoms with Crippen LogP contribution in [0.2, 0.25) is 0 Å². The highest BCUT2D eigenvalue weighted by Crippen LogP contribution is 2.20. The summed E-state index contributed by atoms with van der Waals surface area (Å²) in [7, 11) is 0. The summed E-state index contributed by atoms with van der Waals surface area (Å²) in [4.78, 5) is 36.4. The van der Waals surface area contributed by atoms with E-state index in [2.05, 4.69) is 20.3 Å². The van der Waals surface area contributed by atoms with Gasteiger partial charge in [-0.2, -0.15) is 0 Å². The maximum atomic E-state index is 13.4. The van der Waals surface area contributed by atoms with Crippen molar-refractivity contribution in [3.8, 4) is 11.5 Å². The number of H-pyrrole nitrogens is 1. The third-order valence-corrected chi connectivity index (χ3v) is 4.73. The second-order valence-electron chi connectivity index (χ2n) is 6.95. The van der Waals surface area contributed by atoms with Gasteiger partial charge in [-0.15, -0.1) is 0 Å². The zero-order valence-corrected chi connectivity index (χ0v) is 16.5. The lowest BCUT2D eigenvalue weighted by Gasteiger charge is -2.19. The minimum absolute atomic E-state index is 0.244. The van der Waals surface area contributed by atoms with Crippen molar-refractivity contribution in [3.63, 3.8) is 0 Å². The summed E-state index contributed by atoms with van der Waals surface area (Å²) >= 11 is 0. The fourth-order valence-corrected chi connectivity index (χ4v) is 3.22. The summed E-state index contributed by atoms with van der Waals surface area (Å²) in [6, 6.07) is 20.9. The molecule has 0 aliphatic rings. The number of hydrogen-bond acceptors (Lipinski definition) is 4. The molecule has 2 aromatic carbocycles. The molecule has 1 atom stereocenters. The minimum atomic E-state index is -0.515. The predicted octanol–water partition coefficient (Wildman–Crippen LogP) is 3.68. The molecule has 0 fully saturated rings. The Hall–Kier alpha value is -4.13. The van der Waals surface area contributed by atoms with Crippen LogP contribution in [0.1, 0.15) is 27.7 Å². The number of rotatable bonds is 6. The number of nitrogens with one attached hydrogen (secondary N) is 2. The van der Waals surface area contributed by atoms with Gasteiger partial charge >= 0.3 is 0 Å². The normalized spacial score (nSPS) is 11.6. The van der Waals surface area contributed by atoms with E-state index in [1.165, 1.54) is 18.2 Å². The second kappa shape index (κ2) is 9.13. The van der Waals surface area contributed by atoms with E-state index >= 15 is 0 Å². The largest absolute Gasteiger partial charge is 0.345 e. The van der Waals surface area contributed by atoms with Crippen molar-refractivity contribution >= 4 is 5.91 Å². The highest BCUT2D eigenvalue weighted by molar-refractivity contribution is 5.94. The minimum Gasteiger partial charge on any atom is -0.345 e. The lowest BCUT2D eigenvalue weighted by Crippen LogP contribution is -2.30. The van der Waals surface area contributed by atoms with Gasteiger partial charge in [0.05, 0.1) is 11.7 Å². The summed E-state index contributed by atoms with van der Waals surface area (Å²) in [5.74, 6) is -0.302. The van der Waals surface area contributed by atoms with E-state index in [0.717, 1.165) is 0 Å². The molecule has 154 valence electrons. The zero-order chi connectivity index (χ0) is 21.6. The quantitative estimate of drug-likeness (QED) is 0.504. The Labute approximate surface area is 177 Å². The number of carbonyl (C=O) groups excluding carboxylic acids is 1. The lowest BCUT2D eigenvalue weighted by molar-refractivity contribution is 0.0936. The first-order chi connectivity index (χ1) is 15.1. The number of nitrogens with zero attached hydrogens (tertiary/aromatic N) is 2. The topological polar surface area (TPSA) is 87.7 Å². The van der Waals surface area contributed by atoms with Crippen molar-refractivity contribution in [1.82, 2.24) is 20.3 Å². The molecule has 1 amide bonds. The molecular weight excluding hydrogens is 395 g/mol. The van der Waals surface area contributed by atoms with E-state index in [1.54, 1.807) is 60.8 Å². The SMILES string of the molecule is O=C(N[C@@H](Cc1cc(=O)[nH]c(-c2ccccn2)n1)c1ccc(F)cc1)c1ccccc1. The van der Waals surface area contributed by atoms with Crippen LogP contribution < -0.4 is 10.9 Å². The van der Waals surface area contributed by atoms with E-state index in [9.17, 15) is 14.0 Å². The van der Waals surface area contributed by atoms with Crippen LogP contribution in [0, 0.1) is 5.82 Å². The van der Waals surface area contributed by atoms with Gasteiger partial charge < -0.3 is 10.3 Å². The Kier molecular flexibility index (Phi) is 5.93. The summed E-state index contributed by atoms with van der Waals surface area (Å²) in [6.45, 7) is 0. The number of aromatic nitrogens is 3. The van der Waals surface area contributed by atoms with Crippen LogP contribution in [0.25, 0.3) is 11.5 Å². The highest BCUT2D eigenvalue weighted by Gasteiger charge is 2.18. The summed E-state index contributed by atoms with van der Waals surface area (Å²) in [6.07, 6.45) is 1.86. The van der Waals surface area contributed by atoms with Gasteiger partial charge in [0.15, 0.2) is 5.82 Å². The molecule has 0 saturated carbocycles. The van der Waals surface area contributed by atoms with Crippen LogP contribution in [0.15, 0.2) is 89.9 Å². The van der Waals surface area contributed by atoms with Crippen LogP contribution >= 0.6 is 0 Å². The Balaban J connectivity index is 1.66. The zero-order valence-electron chi connectivity index (χ0n) is 16.5. The van der Waals surface area contributed by atoms with Crippen LogP contribution in [0.3, 0.4) is 0 Å². The fourth-order valence-electron chi connectivity index (χ4n) is 3.22. The van der Waals surface area contributed by atoms with Gasteiger partial charge in [-0.05, 0) is 42.0 Å². The van der Waals surface area contributed by atoms with Gasteiger partial charge in [-0.3, -0.25) is 14.6 Å². The number of benzene rings is 2. The van der Waals surface area contributed by atoms with E-state index in [0.29, 0.717) is 28.3 Å². The van der Waals surface area contributed by atoms with E-state index < -0.39 is 6.04 Å². The highest BCUT2D eigenvalue weighted by atomic mass is 19.1. The molecule has 2 aromatic heterocycles. The summed E-state index contributed by atoms with van der Waals surface area (Å²) in [5, 5.41) is 2.97. The van der Waals surface area contributed by atoms with E-state index in [1.807, 2.05) is 6.07 Å². The second-order valence-corrected chi connectivity index (χ2v) is 6.95. The van der Waals surface area contributed by atoms with Crippen molar-refractivity contribution in [1.29, 1.82) is 0 Å². The Bertz CT molecular complexity index is 1230. The van der Waals surface area contributed by atoms with Crippen LogP contribution in [-0.4, -0.2) is 20.9 Å². The predicted molar refractivity (Wildman–Crippen MR) is 115 cm³/mol. The number of carbonyl (C=O) groups is 1. The molecule has 0 aliphatic carbocycles. The molecule has 4 aromatic rings. The third-order valence-electron chi connectivity index (χ3n) is 4.73. The molecule has 6 nitrogen and oxygen atoms in total. The Morgan fingerprint density at radius 1 is 1.00 bits per heavy atom. The lowest BCUT2D eigenvalue weighted by atomic mass is 10.0. The van der Waals surface area contributed by atoms with E-state index in [4.69, 9.17) is 0 Å². The Morgan fingerprint density at radius 2 is 1.74 bits per heavy atom. The number of amides is 1. The van der Waals surface area contributed by atoms with Gasteiger partial charge in [0, 0.05) is 24.2 Å². The van der Waals surface area contributed by atoms with Gasteiger partial charge in [-0.25, -0.2) is 9.37 Å².